The zero-order chi connectivity index (χ0) is 11.9. The van der Waals surface area contributed by atoms with Crippen LogP contribution in [0.4, 0.5) is 0 Å². The lowest BCUT2D eigenvalue weighted by Crippen LogP contribution is -2.10. The minimum atomic E-state index is -2.68. The normalized spacial score (nSPS) is 13.7. The molecule has 1 atom stereocenters. The van der Waals surface area contributed by atoms with Gasteiger partial charge in [-0.3, -0.25) is 4.57 Å². The SMILES string of the molecule is C=C(C#N)C(=O)OCCP(C)(=O)OCC. The van der Waals surface area contributed by atoms with Crippen LogP contribution in [-0.2, 0) is 18.6 Å². The van der Waals surface area contributed by atoms with Gasteiger partial charge >= 0.3 is 5.97 Å². The van der Waals surface area contributed by atoms with E-state index in [1.165, 1.54) is 6.66 Å². The number of carbonyl (C=O) groups excluding carboxylic acids is 1. The summed E-state index contributed by atoms with van der Waals surface area (Å²) in [6, 6.07) is 1.57. The predicted molar refractivity (Wildman–Crippen MR) is 55.7 cm³/mol. The van der Waals surface area contributed by atoms with E-state index < -0.39 is 13.3 Å². The van der Waals surface area contributed by atoms with Crippen molar-refractivity contribution < 1.29 is 18.6 Å². The van der Waals surface area contributed by atoms with Crippen molar-refractivity contribution in [3.63, 3.8) is 0 Å². The van der Waals surface area contributed by atoms with E-state index in [0.717, 1.165) is 0 Å². The zero-order valence-electron chi connectivity index (χ0n) is 8.86. The molecule has 1 unspecified atom stereocenters. The van der Waals surface area contributed by atoms with Crippen molar-refractivity contribution in [2.75, 3.05) is 26.0 Å². The molecule has 0 saturated heterocycles. The summed E-state index contributed by atoms with van der Waals surface area (Å²) >= 11 is 0. The lowest BCUT2D eigenvalue weighted by Gasteiger charge is -2.11. The summed E-state index contributed by atoms with van der Waals surface area (Å²) in [5.41, 5.74) is -0.266. The lowest BCUT2D eigenvalue weighted by atomic mass is 10.3. The van der Waals surface area contributed by atoms with Crippen LogP contribution in [-0.4, -0.2) is 32.0 Å². The Morgan fingerprint density at radius 1 is 1.60 bits per heavy atom. The van der Waals surface area contributed by atoms with E-state index in [1.54, 1.807) is 13.0 Å². The van der Waals surface area contributed by atoms with Crippen molar-refractivity contribution in [2.45, 2.75) is 6.92 Å². The first-order chi connectivity index (χ1) is 6.93. The molecule has 0 aliphatic carbocycles. The molecule has 5 nitrogen and oxygen atoms in total. The maximum absolute atomic E-state index is 11.5. The minimum absolute atomic E-state index is 0.0344. The Bertz CT molecular complexity index is 331. The third-order valence-electron chi connectivity index (χ3n) is 1.51. The van der Waals surface area contributed by atoms with Gasteiger partial charge in [-0.15, -0.1) is 0 Å². The summed E-state index contributed by atoms with van der Waals surface area (Å²) in [7, 11) is -2.68. The predicted octanol–water partition coefficient (Wildman–Crippen LogP) is 1.55. The standard InChI is InChI=1S/C9H14NO4P/c1-4-14-15(3,12)6-5-13-9(11)8(2)7-10/h2,4-6H2,1,3H3. The first-order valence-electron chi connectivity index (χ1n) is 4.40. The quantitative estimate of drug-likeness (QED) is 0.300. The fraction of sp³-hybridized carbons (Fsp3) is 0.556. The fourth-order valence-corrected chi connectivity index (χ4v) is 1.87. The van der Waals surface area contributed by atoms with Gasteiger partial charge in [-0.1, -0.05) is 6.58 Å². The molecular weight excluding hydrogens is 217 g/mol. The van der Waals surface area contributed by atoms with E-state index in [-0.39, 0.29) is 18.3 Å². The molecule has 0 aliphatic heterocycles. The van der Waals surface area contributed by atoms with E-state index in [1.807, 2.05) is 0 Å². The Balaban J connectivity index is 3.91. The summed E-state index contributed by atoms with van der Waals surface area (Å²) < 4.78 is 21.2. The van der Waals surface area contributed by atoms with Crippen LogP contribution >= 0.6 is 7.37 Å². The summed E-state index contributed by atoms with van der Waals surface area (Å²) in [5.74, 6) is -0.783. The monoisotopic (exact) mass is 231 g/mol. The van der Waals surface area contributed by atoms with Crippen molar-refractivity contribution in [1.29, 1.82) is 5.26 Å². The van der Waals surface area contributed by atoms with Crippen LogP contribution in [0.15, 0.2) is 12.2 Å². The highest BCUT2D eigenvalue weighted by molar-refractivity contribution is 7.58. The third kappa shape index (κ3) is 6.05. The molecule has 0 aromatic carbocycles. The second-order valence-electron chi connectivity index (χ2n) is 2.88. The van der Waals surface area contributed by atoms with Gasteiger partial charge in [0.25, 0.3) is 0 Å². The van der Waals surface area contributed by atoms with Gasteiger partial charge in [0.2, 0.25) is 7.37 Å². The summed E-state index contributed by atoms with van der Waals surface area (Å²) in [5, 5.41) is 8.32. The van der Waals surface area contributed by atoms with Crippen LogP contribution in [0.2, 0.25) is 0 Å². The van der Waals surface area contributed by atoms with Crippen LogP contribution in [0.1, 0.15) is 6.92 Å². The molecule has 0 saturated carbocycles. The molecule has 0 radical (unpaired) electrons. The van der Waals surface area contributed by atoms with Crippen molar-refractivity contribution in [1.82, 2.24) is 0 Å². The number of nitrogens with zero attached hydrogens (tertiary/aromatic N) is 1. The Kier molecular flexibility index (Phi) is 5.92. The molecule has 0 bridgehead atoms. The molecule has 0 aromatic heterocycles. The summed E-state index contributed by atoms with van der Waals surface area (Å²) in [4.78, 5) is 10.9. The smallest absolute Gasteiger partial charge is 0.348 e. The Labute approximate surface area is 89.1 Å². The van der Waals surface area contributed by atoms with E-state index >= 15 is 0 Å². The van der Waals surface area contributed by atoms with Crippen molar-refractivity contribution in [3.8, 4) is 6.07 Å². The molecule has 0 rings (SSSR count). The number of hydrogen-bond acceptors (Lipinski definition) is 5. The average Bonchev–Trinajstić information content (AvgIpc) is 2.15. The van der Waals surface area contributed by atoms with Crippen LogP contribution in [0.3, 0.4) is 0 Å². The van der Waals surface area contributed by atoms with E-state index in [4.69, 9.17) is 9.79 Å². The summed E-state index contributed by atoms with van der Waals surface area (Å²) in [6.07, 6.45) is 0.144. The number of esters is 1. The highest BCUT2D eigenvalue weighted by atomic mass is 31.2. The minimum Gasteiger partial charge on any atom is -0.461 e. The van der Waals surface area contributed by atoms with Crippen LogP contribution < -0.4 is 0 Å². The van der Waals surface area contributed by atoms with Crippen molar-refractivity contribution in [2.24, 2.45) is 0 Å². The van der Waals surface area contributed by atoms with E-state index in [0.29, 0.717) is 6.61 Å². The number of carbonyl (C=O) groups is 1. The molecule has 0 amide bonds. The van der Waals surface area contributed by atoms with Crippen molar-refractivity contribution >= 4 is 13.3 Å². The second kappa shape index (κ2) is 6.39. The average molecular weight is 231 g/mol. The van der Waals surface area contributed by atoms with Crippen molar-refractivity contribution in [3.05, 3.63) is 12.2 Å². The van der Waals surface area contributed by atoms with Gasteiger partial charge in [0.1, 0.15) is 18.2 Å². The van der Waals surface area contributed by atoms with Crippen LogP contribution in [0.25, 0.3) is 0 Å². The molecule has 15 heavy (non-hydrogen) atoms. The van der Waals surface area contributed by atoms with Gasteiger partial charge in [-0.2, -0.15) is 5.26 Å². The maximum Gasteiger partial charge on any atom is 0.348 e. The van der Waals surface area contributed by atoms with Gasteiger partial charge in [0, 0.05) is 6.66 Å². The van der Waals surface area contributed by atoms with Gasteiger partial charge in [0.05, 0.1) is 12.8 Å². The number of nitriles is 1. The highest BCUT2D eigenvalue weighted by Gasteiger charge is 2.16. The first kappa shape index (κ1) is 13.9. The van der Waals surface area contributed by atoms with Gasteiger partial charge in [0.15, 0.2) is 0 Å². The van der Waals surface area contributed by atoms with E-state index in [9.17, 15) is 9.36 Å². The molecule has 0 heterocycles. The number of ether oxygens (including phenoxy) is 1. The Morgan fingerprint density at radius 2 is 2.20 bits per heavy atom. The molecule has 0 spiro atoms. The molecular formula is C9H14NO4P. The molecule has 6 heteroatoms. The molecule has 0 aromatic rings. The second-order valence-corrected chi connectivity index (χ2v) is 5.62. The number of hydrogen-bond donors (Lipinski definition) is 0. The highest BCUT2D eigenvalue weighted by Crippen LogP contribution is 2.41. The Morgan fingerprint density at radius 3 is 2.67 bits per heavy atom. The topological polar surface area (TPSA) is 76.4 Å². The Hall–Kier alpha value is -1.11. The van der Waals surface area contributed by atoms with Gasteiger partial charge < -0.3 is 9.26 Å². The summed E-state index contributed by atoms with van der Waals surface area (Å²) in [6.45, 7) is 6.72. The fourth-order valence-electron chi connectivity index (χ4n) is 0.775. The third-order valence-corrected chi connectivity index (χ3v) is 3.31. The first-order valence-corrected chi connectivity index (χ1v) is 6.66. The van der Waals surface area contributed by atoms with E-state index in [2.05, 4.69) is 11.3 Å². The van der Waals surface area contributed by atoms with Gasteiger partial charge in [-0.25, -0.2) is 4.79 Å². The zero-order valence-corrected chi connectivity index (χ0v) is 9.75. The molecule has 84 valence electrons. The number of rotatable bonds is 6. The molecule has 0 N–H and O–H groups in total. The van der Waals surface area contributed by atoms with Gasteiger partial charge in [-0.05, 0) is 6.92 Å². The van der Waals surface area contributed by atoms with Crippen LogP contribution in [0, 0.1) is 11.3 Å². The lowest BCUT2D eigenvalue weighted by molar-refractivity contribution is -0.137. The maximum atomic E-state index is 11.5. The molecule has 0 aliphatic rings. The van der Waals surface area contributed by atoms with Crippen LogP contribution in [0.5, 0.6) is 0 Å². The molecule has 0 fully saturated rings. The largest absolute Gasteiger partial charge is 0.461 e.